The van der Waals surface area contributed by atoms with E-state index in [4.69, 9.17) is 0 Å². The molecule has 0 amide bonds. The van der Waals surface area contributed by atoms with Crippen molar-refractivity contribution in [2.24, 2.45) is 11.8 Å². The number of hydrogen-bond acceptors (Lipinski definition) is 1. The fourth-order valence-electron chi connectivity index (χ4n) is 2.52. The van der Waals surface area contributed by atoms with Crippen LogP contribution in [0.25, 0.3) is 5.57 Å². The maximum Gasteiger partial charge on any atom is 0.0313 e. The van der Waals surface area contributed by atoms with Crippen LogP contribution in [0.1, 0.15) is 12.5 Å². The summed E-state index contributed by atoms with van der Waals surface area (Å²) in [5, 5.41) is 3.33. The highest BCUT2D eigenvalue weighted by Crippen LogP contribution is 2.30. The van der Waals surface area contributed by atoms with Gasteiger partial charge in [0.25, 0.3) is 0 Å². The first-order valence-electron chi connectivity index (χ1n) is 6.51. The summed E-state index contributed by atoms with van der Waals surface area (Å²) in [5.41, 5.74) is 2.59. The monoisotopic (exact) mass is 239 g/mol. The lowest BCUT2D eigenvalue weighted by Gasteiger charge is -2.29. The van der Waals surface area contributed by atoms with Crippen LogP contribution in [-0.2, 0) is 0 Å². The molecule has 1 heteroatoms. The second-order valence-electron chi connectivity index (χ2n) is 4.83. The van der Waals surface area contributed by atoms with E-state index in [1.807, 2.05) is 13.1 Å². The molecule has 1 N–H and O–H groups in total. The number of rotatable bonds is 4. The van der Waals surface area contributed by atoms with E-state index in [0.717, 1.165) is 0 Å². The first-order chi connectivity index (χ1) is 8.76. The molecule has 1 aliphatic carbocycles. The molecule has 1 aromatic rings. The Morgan fingerprint density at radius 3 is 2.61 bits per heavy atom. The van der Waals surface area contributed by atoms with Gasteiger partial charge in [-0.1, -0.05) is 61.6 Å². The third-order valence-electron chi connectivity index (χ3n) is 3.67. The van der Waals surface area contributed by atoms with Crippen molar-refractivity contribution in [2.45, 2.75) is 13.0 Å². The highest BCUT2D eigenvalue weighted by molar-refractivity contribution is 5.75. The lowest BCUT2D eigenvalue weighted by Crippen LogP contribution is -2.34. The second-order valence-corrected chi connectivity index (χ2v) is 4.83. The molecule has 3 atom stereocenters. The zero-order chi connectivity index (χ0) is 13.0. The zero-order valence-electron chi connectivity index (χ0n) is 11.1. The van der Waals surface area contributed by atoms with Crippen LogP contribution < -0.4 is 5.32 Å². The smallest absolute Gasteiger partial charge is 0.0313 e. The third-order valence-corrected chi connectivity index (χ3v) is 3.67. The van der Waals surface area contributed by atoms with Crippen LogP contribution in [0.3, 0.4) is 0 Å². The lowest BCUT2D eigenvalue weighted by atomic mass is 9.80. The van der Waals surface area contributed by atoms with Gasteiger partial charge in [-0.05, 0) is 24.1 Å². The molecule has 94 valence electrons. The predicted molar refractivity (Wildman–Crippen MR) is 79.3 cm³/mol. The Hall–Kier alpha value is -1.60. The molecule has 2 rings (SSSR count). The van der Waals surface area contributed by atoms with Crippen LogP contribution in [0.15, 0.2) is 61.2 Å². The van der Waals surface area contributed by atoms with Crippen LogP contribution in [-0.4, -0.2) is 13.1 Å². The van der Waals surface area contributed by atoms with Gasteiger partial charge in [-0.3, -0.25) is 0 Å². The van der Waals surface area contributed by atoms with Gasteiger partial charge < -0.3 is 5.32 Å². The van der Waals surface area contributed by atoms with Gasteiger partial charge >= 0.3 is 0 Å². The SMILES string of the molecule is C=CC(NC)C1C=C(c2ccccc2)C=CC1C. The molecular formula is C17H21N. The summed E-state index contributed by atoms with van der Waals surface area (Å²) in [6.07, 6.45) is 8.88. The summed E-state index contributed by atoms with van der Waals surface area (Å²) >= 11 is 0. The molecule has 0 aliphatic heterocycles. The van der Waals surface area contributed by atoms with Crippen molar-refractivity contribution in [2.75, 3.05) is 7.05 Å². The molecule has 1 nitrogen and oxygen atoms in total. The van der Waals surface area contributed by atoms with E-state index in [-0.39, 0.29) is 0 Å². The number of hydrogen-bond donors (Lipinski definition) is 1. The maximum absolute atomic E-state index is 3.92. The number of nitrogens with one attached hydrogen (secondary N) is 1. The van der Waals surface area contributed by atoms with Crippen molar-refractivity contribution < 1.29 is 0 Å². The number of likely N-dealkylation sites (N-methyl/N-ethyl adjacent to an activating group) is 1. The molecule has 0 saturated carbocycles. The van der Waals surface area contributed by atoms with Gasteiger partial charge in [0.05, 0.1) is 0 Å². The van der Waals surface area contributed by atoms with E-state index in [0.29, 0.717) is 17.9 Å². The quantitative estimate of drug-likeness (QED) is 0.791. The molecule has 1 aliphatic rings. The second kappa shape index (κ2) is 5.83. The van der Waals surface area contributed by atoms with Crippen LogP contribution in [0, 0.1) is 11.8 Å². The highest BCUT2D eigenvalue weighted by Gasteiger charge is 2.23. The van der Waals surface area contributed by atoms with Crippen LogP contribution in [0.4, 0.5) is 0 Å². The van der Waals surface area contributed by atoms with Crippen molar-refractivity contribution in [3.63, 3.8) is 0 Å². The number of benzene rings is 1. The Bertz CT molecular complexity index is 456. The predicted octanol–water partition coefficient (Wildman–Crippen LogP) is 3.67. The van der Waals surface area contributed by atoms with E-state index < -0.39 is 0 Å². The summed E-state index contributed by atoms with van der Waals surface area (Å²) in [5.74, 6) is 1.00. The Kier molecular flexibility index (Phi) is 4.16. The Balaban J connectivity index is 2.30. The standard InChI is InChI=1S/C17H21N/c1-4-17(18-3)16-12-15(11-10-13(16)2)14-8-6-5-7-9-14/h4-13,16-18H,1H2,2-3H3. The molecule has 0 radical (unpaired) electrons. The fraction of sp³-hybridized carbons (Fsp3) is 0.294. The summed E-state index contributed by atoms with van der Waals surface area (Å²) in [7, 11) is 1.99. The van der Waals surface area contributed by atoms with Crippen molar-refractivity contribution >= 4 is 5.57 Å². The van der Waals surface area contributed by atoms with Gasteiger partial charge in [0.1, 0.15) is 0 Å². The van der Waals surface area contributed by atoms with Gasteiger partial charge in [0.2, 0.25) is 0 Å². The minimum atomic E-state index is 0.323. The summed E-state index contributed by atoms with van der Waals surface area (Å²) in [6, 6.07) is 10.9. The Labute approximate surface area is 110 Å². The third kappa shape index (κ3) is 2.62. The molecule has 0 fully saturated rings. The van der Waals surface area contributed by atoms with Crippen LogP contribution >= 0.6 is 0 Å². The Morgan fingerprint density at radius 1 is 1.28 bits per heavy atom. The van der Waals surface area contributed by atoms with E-state index in [2.05, 4.69) is 67.4 Å². The van der Waals surface area contributed by atoms with Gasteiger partial charge in [0.15, 0.2) is 0 Å². The molecular weight excluding hydrogens is 218 g/mol. The van der Waals surface area contributed by atoms with Crippen molar-refractivity contribution in [1.29, 1.82) is 0 Å². The zero-order valence-corrected chi connectivity index (χ0v) is 11.1. The molecule has 0 bridgehead atoms. The largest absolute Gasteiger partial charge is 0.313 e. The average Bonchev–Trinajstić information content (AvgIpc) is 2.43. The first kappa shape index (κ1) is 12.8. The minimum Gasteiger partial charge on any atom is -0.313 e. The van der Waals surface area contributed by atoms with Gasteiger partial charge in [-0.2, -0.15) is 0 Å². The van der Waals surface area contributed by atoms with E-state index in [1.54, 1.807) is 0 Å². The lowest BCUT2D eigenvalue weighted by molar-refractivity contribution is 0.421. The topological polar surface area (TPSA) is 12.0 Å². The van der Waals surface area contributed by atoms with Crippen molar-refractivity contribution in [3.05, 3.63) is 66.8 Å². The molecule has 0 saturated heterocycles. The van der Waals surface area contributed by atoms with Gasteiger partial charge in [-0.25, -0.2) is 0 Å². The van der Waals surface area contributed by atoms with E-state index >= 15 is 0 Å². The normalized spacial score (nSPS) is 24.4. The van der Waals surface area contributed by atoms with E-state index in [1.165, 1.54) is 11.1 Å². The summed E-state index contributed by atoms with van der Waals surface area (Å²) in [4.78, 5) is 0. The molecule has 3 unspecified atom stereocenters. The summed E-state index contributed by atoms with van der Waals surface area (Å²) in [6.45, 7) is 6.18. The van der Waals surface area contributed by atoms with Crippen LogP contribution in [0.2, 0.25) is 0 Å². The van der Waals surface area contributed by atoms with E-state index in [9.17, 15) is 0 Å². The average molecular weight is 239 g/mol. The molecule has 1 aromatic carbocycles. The van der Waals surface area contributed by atoms with Crippen molar-refractivity contribution in [3.8, 4) is 0 Å². The molecule has 0 aromatic heterocycles. The molecule has 0 spiro atoms. The molecule has 18 heavy (non-hydrogen) atoms. The van der Waals surface area contributed by atoms with Crippen molar-refractivity contribution in [1.82, 2.24) is 5.32 Å². The highest BCUT2D eigenvalue weighted by atomic mass is 14.9. The molecule has 0 heterocycles. The Morgan fingerprint density at radius 2 is 2.00 bits per heavy atom. The maximum atomic E-state index is 3.92. The minimum absolute atomic E-state index is 0.323. The summed E-state index contributed by atoms with van der Waals surface area (Å²) < 4.78 is 0. The van der Waals surface area contributed by atoms with Gasteiger partial charge in [-0.15, -0.1) is 6.58 Å². The van der Waals surface area contributed by atoms with Gasteiger partial charge in [0, 0.05) is 12.0 Å². The number of allylic oxidation sites excluding steroid dienone is 3. The fourth-order valence-corrected chi connectivity index (χ4v) is 2.52. The first-order valence-corrected chi connectivity index (χ1v) is 6.51. The van der Waals surface area contributed by atoms with Crippen LogP contribution in [0.5, 0.6) is 0 Å².